The van der Waals surface area contributed by atoms with E-state index in [-0.39, 0.29) is 23.7 Å². The fourth-order valence-electron chi connectivity index (χ4n) is 1.76. The number of carbonyl (C=O) groups excluding carboxylic acids is 1. The highest BCUT2D eigenvalue weighted by Crippen LogP contribution is 2.51. The van der Waals surface area contributed by atoms with Crippen LogP contribution in [0.1, 0.15) is 13.8 Å². The summed E-state index contributed by atoms with van der Waals surface area (Å²) in [5.41, 5.74) is 0.225. The minimum Gasteiger partial charge on any atom is -0.419 e. The zero-order valence-electron chi connectivity index (χ0n) is 14.0. The van der Waals surface area contributed by atoms with E-state index in [1.165, 1.54) is 19.1 Å². The number of benzene rings is 2. The molecule has 0 aliphatic heterocycles. The summed E-state index contributed by atoms with van der Waals surface area (Å²) in [6, 6.07) is 14.8. The van der Waals surface area contributed by atoms with Crippen LogP contribution in [0.2, 0.25) is 0 Å². The molecule has 2 aromatic carbocycles. The summed E-state index contributed by atoms with van der Waals surface area (Å²) in [5, 5.41) is 0. The van der Waals surface area contributed by atoms with Crippen molar-refractivity contribution in [2.45, 2.75) is 13.8 Å². The van der Waals surface area contributed by atoms with Crippen LogP contribution in [0.25, 0.3) is 0 Å². The number of ether oxygens (including phenoxy) is 1. The molecule has 0 fully saturated rings. The highest BCUT2D eigenvalue weighted by atomic mass is 31.2. The monoisotopic (exact) mass is 362 g/mol. The number of rotatable bonds is 8. The molecule has 2 rings (SSSR count). The lowest BCUT2D eigenvalue weighted by molar-refractivity contribution is -0.130. The van der Waals surface area contributed by atoms with Gasteiger partial charge in [0.05, 0.1) is 6.61 Å². The maximum Gasteiger partial charge on any atom is 0.587 e. The molecule has 0 heterocycles. The zero-order valence-corrected chi connectivity index (χ0v) is 14.9. The summed E-state index contributed by atoms with van der Waals surface area (Å²) in [7, 11) is -3.97. The largest absolute Gasteiger partial charge is 0.587 e. The molecule has 0 amide bonds. The van der Waals surface area contributed by atoms with Gasteiger partial charge in [-0.15, -0.1) is 0 Å². The molecule has 0 spiro atoms. The topological polar surface area (TPSA) is 71.1 Å². The first-order chi connectivity index (χ1) is 11.9. The van der Waals surface area contributed by atoms with Crippen LogP contribution in [0, 0.1) is 0 Å². The predicted molar refractivity (Wildman–Crippen MR) is 93.8 cm³/mol. The summed E-state index contributed by atoms with van der Waals surface area (Å²) >= 11 is 0. The molecule has 25 heavy (non-hydrogen) atoms. The van der Waals surface area contributed by atoms with Crippen LogP contribution in [-0.4, -0.2) is 12.6 Å². The van der Waals surface area contributed by atoms with Gasteiger partial charge in [0.1, 0.15) is 5.75 Å². The van der Waals surface area contributed by atoms with E-state index in [9.17, 15) is 9.36 Å². The molecule has 0 aliphatic carbocycles. The number of esters is 1. The highest BCUT2D eigenvalue weighted by Gasteiger charge is 2.31. The van der Waals surface area contributed by atoms with E-state index in [2.05, 4.69) is 6.58 Å². The maximum atomic E-state index is 12.9. The highest BCUT2D eigenvalue weighted by molar-refractivity contribution is 7.49. The third kappa shape index (κ3) is 5.48. The molecule has 0 saturated heterocycles. The minimum absolute atomic E-state index is 0.0600. The summed E-state index contributed by atoms with van der Waals surface area (Å²) in [6.45, 7) is 6.82. The van der Waals surface area contributed by atoms with E-state index in [0.29, 0.717) is 5.75 Å². The van der Waals surface area contributed by atoms with E-state index >= 15 is 0 Å². The molecule has 0 radical (unpaired) electrons. The van der Waals surface area contributed by atoms with Crippen molar-refractivity contribution in [2.24, 2.45) is 0 Å². The quantitative estimate of drug-likeness (QED) is 0.292. The second kappa shape index (κ2) is 8.51. The van der Waals surface area contributed by atoms with Crippen LogP contribution < -0.4 is 13.8 Å². The van der Waals surface area contributed by atoms with Gasteiger partial charge in [-0.3, -0.25) is 4.52 Å². The van der Waals surface area contributed by atoms with Gasteiger partial charge in [-0.05, 0) is 38.1 Å². The number of carbonyl (C=O) groups is 1. The Hall–Kier alpha value is -2.56. The van der Waals surface area contributed by atoms with Gasteiger partial charge >= 0.3 is 13.8 Å². The van der Waals surface area contributed by atoms with E-state index < -0.39 is 13.8 Å². The van der Waals surface area contributed by atoms with Crippen molar-refractivity contribution >= 4 is 13.8 Å². The molecular weight excluding hydrogens is 343 g/mol. The van der Waals surface area contributed by atoms with Gasteiger partial charge in [0.25, 0.3) is 0 Å². The van der Waals surface area contributed by atoms with Gasteiger partial charge < -0.3 is 13.8 Å². The van der Waals surface area contributed by atoms with Crippen LogP contribution in [0.15, 0.2) is 66.7 Å². The van der Waals surface area contributed by atoms with Gasteiger partial charge in [0.15, 0.2) is 11.5 Å². The van der Waals surface area contributed by atoms with Crippen LogP contribution in [0.5, 0.6) is 17.2 Å². The molecule has 0 aromatic heterocycles. The Kier molecular flexibility index (Phi) is 6.39. The third-order valence-electron chi connectivity index (χ3n) is 2.86. The number of phosphoric ester groups is 1. The van der Waals surface area contributed by atoms with E-state index in [1.54, 1.807) is 49.4 Å². The van der Waals surface area contributed by atoms with E-state index in [4.69, 9.17) is 18.3 Å². The second-order valence-electron chi connectivity index (χ2n) is 4.98. The molecule has 6 nitrogen and oxygen atoms in total. The van der Waals surface area contributed by atoms with Crippen LogP contribution >= 0.6 is 7.82 Å². The lowest BCUT2D eigenvalue weighted by Crippen LogP contribution is -2.10. The third-order valence-corrected chi connectivity index (χ3v) is 4.29. The van der Waals surface area contributed by atoms with Crippen molar-refractivity contribution in [1.29, 1.82) is 0 Å². The fraction of sp³-hybridized carbons (Fsp3) is 0.167. The smallest absolute Gasteiger partial charge is 0.419 e. The van der Waals surface area contributed by atoms with Crippen molar-refractivity contribution in [1.82, 2.24) is 0 Å². The van der Waals surface area contributed by atoms with E-state index in [0.717, 1.165) is 0 Å². The Morgan fingerprint density at radius 2 is 1.60 bits per heavy atom. The molecule has 1 atom stereocenters. The molecule has 7 heteroatoms. The Morgan fingerprint density at radius 3 is 2.20 bits per heavy atom. The predicted octanol–water partition coefficient (Wildman–Crippen LogP) is 4.77. The zero-order chi connectivity index (χ0) is 18.3. The SMILES string of the molecule is C=C(C)C(=O)Oc1ccccc1OP(=O)(OCC)Oc1ccccc1. The van der Waals surface area contributed by atoms with Gasteiger partial charge in [-0.1, -0.05) is 36.9 Å². The van der Waals surface area contributed by atoms with Crippen LogP contribution in [-0.2, 0) is 13.9 Å². The molecule has 0 bridgehead atoms. The van der Waals surface area contributed by atoms with Crippen molar-refractivity contribution in [2.75, 3.05) is 6.61 Å². The Bertz CT molecular complexity index is 787. The maximum absolute atomic E-state index is 12.9. The first-order valence-corrected chi connectivity index (χ1v) is 9.05. The first kappa shape index (κ1) is 18.8. The lowest BCUT2D eigenvalue weighted by atomic mass is 10.3. The van der Waals surface area contributed by atoms with E-state index in [1.807, 2.05) is 0 Å². The van der Waals surface area contributed by atoms with Crippen molar-refractivity contribution in [3.05, 3.63) is 66.7 Å². The normalized spacial score (nSPS) is 12.7. The van der Waals surface area contributed by atoms with Crippen LogP contribution in [0.3, 0.4) is 0 Å². The number of phosphoric acid groups is 1. The Morgan fingerprint density at radius 1 is 1.00 bits per heavy atom. The molecule has 132 valence electrons. The second-order valence-corrected chi connectivity index (χ2v) is 6.49. The summed E-state index contributed by atoms with van der Waals surface area (Å²) in [5.74, 6) is -0.140. The molecule has 0 N–H and O–H groups in total. The number of para-hydroxylation sites is 3. The fourth-order valence-corrected chi connectivity index (χ4v) is 2.99. The lowest BCUT2D eigenvalue weighted by Gasteiger charge is -2.19. The van der Waals surface area contributed by atoms with Crippen molar-refractivity contribution < 1.29 is 27.7 Å². The molecule has 0 aliphatic rings. The number of hydrogen-bond donors (Lipinski definition) is 0. The number of hydrogen-bond acceptors (Lipinski definition) is 6. The standard InChI is InChI=1S/C18H19O6P/c1-4-21-25(20,23-15-10-6-5-7-11-15)24-17-13-9-8-12-16(17)22-18(19)14(2)3/h5-13H,2,4H2,1,3H3. The molecule has 2 aromatic rings. The summed E-state index contributed by atoms with van der Waals surface area (Å²) < 4.78 is 34.2. The van der Waals surface area contributed by atoms with Crippen LogP contribution in [0.4, 0.5) is 0 Å². The van der Waals surface area contributed by atoms with Gasteiger partial charge in [-0.2, -0.15) is 0 Å². The van der Waals surface area contributed by atoms with Crippen molar-refractivity contribution in [3.63, 3.8) is 0 Å². The Balaban J connectivity index is 2.26. The average molecular weight is 362 g/mol. The molecule has 0 saturated carbocycles. The summed E-state index contributed by atoms with van der Waals surface area (Å²) in [6.07, 6.45) is 0. The minimum atomic E-state index is -3.97. The average Bonchev–Trinajstić information content (AvgIpc) is 2.57. The summed E-state index contributed by atoms with van der Waals surface area (Å²) in [4.78, 5) is 11.7. The molecule has 1 unspecified atom stereocenters. The molecular formula is C18H19O6P. The van der Waals surface area contributed by atoms with Gasteiger partial charge in [0, 0.05) is 5.57 Å². The van der Waals surface area contributed by atoms with Crippen molar-refractivity contribution in [3.8, 4) is 17.2 Å². The van der Waals surface area contributed by atoms with Gasteiger partial charge in [-0.25, -0.2) is 9.36 Å². The Labute approximate surface area is 146 Å². The van der Waals surface area contributed by atoms with Gasteiger partial charge in [0.2, 0.25) is 0 Å². The first-order valence-electron chi connectivity index (χ1n) is 7.59.